The number of rotatable bonds is 5. The first kappa shape index (κ1) is 20.6. The summed E-state index contributed by atoms with van der Waals surface area (Å²) >= 11 is 0. The van der Waals surface area contributed by atoms with Crippen molar-refractivity contribution in [1.29, 1.82) is 0 Å². The molecule has 2 heterocycles. The number of hydrogen-bond acceptors (Lipinski definition) is 4. The zero-order valence-electron chi connectivity index (χ0n) is 17.7. The fourth-order valence-corrected chi connectivity index (χ4v) is 5.25. The Bertz CT molecular complexity index is 1190. The number of amides is 2. The van der Waals surface area contributed by atoms with E-state index in [1.807, 2.05) is 0 Å². The Kier molecular flexibility index (Phi) is 4.89. The molecule has 2 fully saturated rings. The quantitative estimate of drug-likeness (QED) is 0.717. The van der Waals surface area contributed by atoms with Crippen molar-refractivity contribution in [2.75, 3.05) is 5.32 Å². The molecule has 3 aliphatic rings. The van der Waals surface area contributed by atoms with Gasteiger partial charge in [-0.25, -0.2) is 18.5 Å². The first-order chi connectivity index (χ1) is 14.7. The Hall–Kier alpha value is -2.33. The van der Waals surface area contributed by atoms with Crippen LogP contribution in [-0.2, 0) is 22.8 Å². The fourth-order valence-electron chi connectivity index (χ4n) is 4.32. The van der Waals surface area contributed by atoms with Gasteiger partial charge < -0.3 is 5.32 Å². The molecule has 31 heavy (non-hydrogen) atoms. The molecule has 0 radical (unpaired) electrons. The molecular weight excluding hydrogens is 419 g/mol. The first-order valence-corrected chi connectivity index (χ1v) is 12.5. The predicted molar refractivity (Wildman–Crippen MR) is 115 cm³/mol. The van der Waals surface area contributed by atoms with Gasteiger partial charge in [0.25, 0.3) is 0 Å². The molecule has 2 aromatic heterocycles. The van der Waals surface area contributed by atoms with Gasteiger partial charge in [0.05, 0.1) is 11.9 Å². The highest BCUT2D eigenvalue weighted by Gasteiger charge is 2.38. The summed E-state index contributed by atoms with van der Waals surface area (Å²) in [5.74, 6) is 0.0184. The molecule has 2 aromatic rings. The lowest BCUT2D eigenvalue weighted by Crippen LogP contribution is -2.21. The number of carbonyl (C=O) groups is 1. The Morgan fingerprint density at radius 1 is 1.29 bits per heavy atom. The van der Waals surface area contributed by atoms with Gasteiger partial charge in [0.15, 0.2) is 15.7 Å². The summed E-state index contributed by atoms with van der Waals surface area (Å²) in [7, 11) is -3.83. The second kappa shape index (κ2) is 7.37. The van der Waals surface area contributed by atoms with Crippen LogP contribution in [0.25, 0.3) is 0 Å². The summed E-state index contributed by atoms with van der Waals surface area (Å²) in [6.07, 6.45) is 8.24. The molecule has 2 saturated carbocycles. The largest absolute Gasteiger partial charge is 0.354 e. The average Bonchev–Trinajstić information content (AvgIpc) is 3.61. The Labute approximate surface area is 181 Å². The normalized spacial score (nSPS) is 19.9. The minimum absolute atomic E-state index is 0.145. The molecule has 0 spiro atoms. The molecule has 5 rings (SSSR count). The van der Waals surface area contributed by atoms with Crippen LogP contribution in [0.3, 0.4) is 0 Å². The van der Waals surface area contributed by atoms with E-state index in [1.165, 1.54) is 4.68 Å². The average molecular weight is 447 g/mol. The number of aryl methyl sites for hydroxylation is 1. The zero-order valence-corrected chi connectivity index (χ0v) is 18.5. The van der Waals surface area contributed by atoms with Crippen LogP contribution in [0.2, 0.25) is 0 Å². The van der Waals surface area contributed by atoms with Crippen LogP contribution in [0, 0.1) is 5.82 Å². The molecule has 166 valence electrons. The van der Waals surface area contributed by atoms with E-state index in [9.17, 15) is 13.4 Å². The SMILES string of the molecule is CC(C)n1cc(F)c([S@](N)(=O)=NC(=O)Nc2c3c(nc(C4CC4)c2C2CC2)CCC3)n1. The lowest BCUT2D eigenvalue weighted by Gasteiger charge is -2.18. The monoisotopic (exact) mass is 446 g/mol. The van der Waals surface area contributed by atoms with Gasteiger partial charge in [-0.15, -0.1) is 4.36 Å². The van der Waals surface area contributed by atoms with Gasteiger partial charge >= 0.3 is 6.03 Å². The van der Waals surface area contributed by atoms with Crippen LogP contribution in [0.15, 0.2) is 15.6 Å². The van der Waals surface area contributed by atoms with Crippen molar-refractivity contribution in [2.24, 2.45) is 9.50 Å². The molecule has 10 heteroatoms. The van der Waals surface area contributed by atoms with E-state index in [2.05, 4.69) is 14.8 Å². The highest BCUT2D eigenvalue weighted by Crippen LogP contribution is 2.52. The summed E-state index contributed by atoms with van der Waals surface area (Å²) < 4.78 is 32.2. The van der Waals surface area contributed by atoms with E-state index >= 15 is 0 Å². The highest BCUT2D eigenvalue weighted by atomic mass is 32.2. The summed E-state index contributed by atoms with van der Waals surface area (Å²) in [5.41, 5.74) is 5.08. The van der Waals surface area contributed by atoms with Gasteiger partial charge in [0.2, 0.25) is 5.03 Å². The van der Waals surface area contributed by atoms with E-state index in [0.29, 0.717) is 11.8 Å². The standard InChI is InChI=1S/C21H27FN6O2S/c1-11(2)28-10-15(22)20(26-28)31(23,30)27-21(29)25-19-14-4-3-5-16(14)24-18(13-8-9-13)17(19)12-6-7-12/h10-13H,3-9H2,1-2H3,(H3,23,24,25,27,29,30)/t31-/m1/s1. The molecular formula is C21H27FN6O2S. The van der Waals surface area contributed by atoms with Gasteiger partial charge in [0, 0.05) is 28.9 Å². The lowest BCUT2D eigenvalue weighted by molar-refractivity contribution is 0.260. The number of aromatic nitrogens is 3. The van der Waals surface area contributed by atoms with Crippen LogP contribution in [0.1, 0.15) is 86.3 Å². The number of halogens is 1. The van der Waals surface area contributed by atoms with Crippen LogP contribution in [0.5, 0.6) is 0 Å². The van der Waals surface area contributed by atoms with Crippen LogP contribution < -0.4 is 10.5 Å². The minimum atomic E-state index is -3.83. The molecule has 2 amide bonds. The molecule has 3 aliphatic carbocycles. The van der Waals surface area contributed by atoms with Crippen molar-refractivity contribution in [3.8, 4) is 0 Å². The van der Waals surface area contributed by atoms with E-state index < -0.39 is 26.8 Å². The summed E-state index contributed by atoms with van der Waals surface area (Å²) in [4.78, 5) is 17.8. The van der Waals surface area contributed by atoms with Crippen LogP contribution in [0.4, 0.5) is 14.9 Å². The van der Waals surface area contributed by atoms with E-state index in [4.69, 9.17) is 10.1 Å². The van der Waals surface area contributed by atoms with Gasteiger partial charge in [-0.3, -0.25) is 9.67 Å². The molecule has 0 saturated heterocycles. The molecule has 0 aliphatic heterocycles. The van der Waals surface area contributed by atoms with Gasteiger partial charge in [-0.05, 0) is 70.3 Å². The molecule has 0 unspecified atom stereocenters. The van der Waals surface area contributed by atoms with Crippen molar-refractivity contribution >= 4 is 21.6 Å². The number of carbonyl (C=O) groups excluding carboxylic acids is 1. The van der Waals surface area contributed by atoms with Crippen molar-refractivity contribution in [1.82, 2.24) is 14.8 Å². The number of nitrogens with zero attached hydrogens (tertiary/aromatic N) is 4. The minimum Gasteiger partial charge on any atom is -0.305 e. The van der Waals surface area contributed by atoms with E-state index in [1.54, 1.807) is 13.8 Å². The first-order valence-electron chi connectivity index (χ1n) is 10.9. The maximum atomic E-state index is 14.3. The second-order valence-electron chi connectivity index (χ2n) is 9.06. The van der Waals surface area contributed by atoms with E-state index in [0.717, 1.165) is 79.3 Å². The molecule has 1 atom stereocenters. The topological polar surface area (TPSA) is 115 Å². The van der Waals surface area contributed by atoms with Crippen molar-refractivity contribution in [3.63, 3.8) is 0 Å². The molecule has 3 N–H and O–H groups in total. The third-order valence-corrected chi connectivity index (χ3v) is 7.42. The Balaban J connectivity index is 1.52. The number of nitrogens with two attached hydrogens (primary N) is 1. The second-order valence-corrected chi connectivity index (χ2v) is 10.8. The lowest BCUT2D eigenvalue weighted by atomic mass is 9.98. The van der Waals surface area contributed by atoms with Gasteiger partial charge in [-0.1, -0.05) is 0 Å². The smallest absolute Gasteiger partial charge is 0.305 e. The molecule has 0 aromatic carbocycles. The van der Waals surface area contributed by atoms with Crippen LogP contribution in [-0.4, -0.2) is 25.0 Å². The van der Waals surface area contributed by atoms with Crippen molar-refractivity contribution < 1.29 is 13.4 Å². The number of fused-ring (bicyclic) bond motifs is 1. The summed E-state index contributed by atoms with van der Waals surface area (Å²) in [6, 6.07) is -0.983. The van der Waals surface area contributed by atoms with Crippen molar-refractivity contribution in [3.05, 3.63) is 34.5 Å². The predicted octanol–water partition coefficient (Wildman–Crippen LogP) is 4.17. The number of urea groups is 1. The van der Waals surface area contributed by atoms with Crippen LogP contribution >= 0.6 is 0 Å². The third kappa shape index (κ3) is 3.87. The van der Waals surface area contributed by atoms with Gasteiger partial charge in [-0.2, -0.15) is 5.10 Å². The maximum absolute atomic E-state index is 14.3. The maximum Gasteiger partial charge on any atom is 0.354 e. The van der Waals surface area contributed by atoms with E-state index in [-0.39, 0.29) is 6.04 Å². The van der Waals surface area contributed by atoms with Gasteiger partial charge in [0.1, 0.15) is 0 Å². The Morgan fingerprint density at radius 2 is 2.00 bits per heavy atom. The zero-order chi connectivity index (χ0) is 21.9. The van der Waals surface area contributed by atoms with Crippen molar-refractivity contribution in [2.45, 2.75) is 81.7 Å². The molecule has 8 nitrogen and oxygen atoms in total. The summed E-state index contributed by atoms with van der Waals surface area (Å²) in [6.45, 7) is 3.61. The number of pyridine rings is 1. The summed E-state index contributed by atoms with van der Waals surface area (Å²) in [5, 5.41) is 12.1. The fraction of sp³-hybridized carbons (Fsp3) is 0.571. The third-order valence-electron chi connectivity index (χ3n) is 6.15. The number of hydrogen-bond donors (Lipinski definition) is 2. The molecule has 0 bridgehead atoms. The highest BCUT2D eigenvalue weighted by molar-refractivity contribution is 7.91. The number of nitrogens with one attached hydrogen (secondary N) is 1. The number of anilines is 1. The Morgan fingerprint density at radius 3 is 2.61 bits per heavy atom.